The molecule has 0 radical (unpaired) electrons. The predicted octanol–water partition coefficient (Wildman–Crippen LogP) is 3.49. The molecule has 0 aliphatic heterocycles. The number of nitrogens with zero attached hydrogens (tertiary/aromatic N) is 1. The van der Waals surface area contributed by atoms with E-state index in [9.17, 15) is 4.79 Å². The maximum absolute atomic E-state index is 12.5. The molecule has 0 bridgehead atoms. The topological polar surface area (TPSA) is 30.0 Å². The minimum absolute atomic E-state index is 0.0132. The molecule has 0 saturated carbocycles. The zero-order valence-corrected chi connectivity index (χ0v) is 11.0. The first-order valence-corrected chi connectivity index (χ1v) is 6.18. The molecule has 2 rings (SSSR count). The van der Waals surface area contributed by atoms with Crippen molar-refractivity contribution in [3.63, 3.8) is 0 Å². The number of hydrogen-bond donors (Lipinski definition) is 0. The van der Waals surface area contributed by atoms with Crippen molar-refractivity contribution < 1.29 is 4.79 Å². The van der Waals surface area contributed by atoms with Crippen LogP contribution in [0.1, 0.15) is 39.7 Å². The molecule has 2 nitrogen and oxygen atoms in total. The molecular weight excluding hydrogens is 222 g/mol. The highest BCUT2D eigenvalue weighted by Crippen LogP contribution is 2.15. The molecule has 0 saturated heterocycles. The summed E-state index contributed by atoms with van der Waals surface area (Å²) in [6, 6.07) is 9.74. The fraction of sp³-hybridized carbons (Fsp3) is 0.250. The second-order valence-corrected chi connectivity index (χ2v) is 4.57. The number of ketones is 1. The van der Waals surface area contributed by atoms with Crippen LogP contribution in [-0.2, 0) is 6.42 Å². The number of carbonyl (C=O) groups is 1. The van der Waals surface area contributed by atoms with Gasteiger partial charge < -0.3 is 0 Å². The Labute approximate surface area is 108 Å². The van der Waals surface area contributed by atoms with Gasteiger partial charge in [0.25, 0.3) is 0 Å². The number of benzene rings is 1. The molecule has 0 aliphatic carbocycles. The highest BCUT2D eigenvalue weighted by atomic mass is 16.1. The Morgan fingerprint density at radius 1 is 1.17 bits per heavy atom. The average Bonchev–Trinajstić information content (AvgIpc) is 2.36. The third-order valence-electron chi connectivity index (χ3n) is 2.97. The molecule has 2 heteroatoms. The first-order valence-electron chi connectivity index (χ1n) is 6.18. The van der Waals surface area contributed by atoms with Crippen molar-refractivity contribution in [1.82, 2.24) is 4.98 Å². The van der Waals surface area contributed by atoms with Crippen molar-refractivity contribution >= 4 is 5.78 Å². The highest BCUT2D eigenvalue weighted by molar-refractivity contribution is 6.08. The van der Waals surface area contributed by atoms with Crippen LogP contribution in [0, 0.1) is 13.8 Å². The van der Waals surface area contributed by atoms with Gasteiger partial charge in [-0.25, -0.2) is 0 Å². The summed E-state index contributed by atoms with van der Waals surface area (Å²) >= 11 is 0. The standard InChI is InChI=1S/C16H17NO/c1-4-13-6-5-7-17-15(13)16(18)14-9-11(2)8-12(3)10-14/h5-10H,4H2,1-3H3. The predicted molar refractivity (Wildman–Crippen MR) is 73.0 cm³/mol. The van der Waals surface area contributed by atoms with Gasteiger partial charge in [-0.3, -0.25) is 9.78 Å². The molecule has 1 heterocycles. The third-order valence-corrected chi connectivity index (χ3v) is 2.97. The smallest absolute Gasteiger partial charge is 0.211 e. The van der Waals surface area contributed by atoms with Crippen LogP contribution in [0.15, 0.2) is 36.5 Å². The second kappa shape index (κ2) is 5.13. The zero-order valence-electron chi connectivity index (χ0n) is 11.0. The van der Waals surface area contributed by atoms with Crippen molar-refractivity contribution in [2.75, 3.05) is 0 Å². The number of pyridine rings is 1. The highest BCUT2D eigenvalue weighted by Gasteiger charge is 2.14. The third kappa shape index (κ3) is 2.48. The SMILES string of the molecule is CCc1cccnc1C(=O)c1cc(C)cc(C)c1. The van der Waals surface area contributed by atoms with Crippen LogP contribution < -0.4 is 0 Å². The van der Waals surface area contributed by atoms with E-state index in [4.69, 9.17) is 0 Å². The molecule has 0 amide bonds. The van der Waals surface area contributed by atoms with E-state index in [-0.39, 0.29) is 5.78 Å². The molecule has 0 N–H and O–H groups in total. The fourth-order valence-electron chi connectivity index (χ4n) is 2.17. The van der Waals surface area contributed by atoms with Crippen LogP contribution in [-0.4, -0.2) is 10.8 Å². The summed E-state index contributed by atoms with van der Waals surface area (Å²) in [7, 11) is 0. The van der Waals surface area contributed by atoms with Crippen LogP contribution in [0.25, 0.3) is 0 Å². The summed E-state index contributed by atoms with van der Waals surface area (Å²) in [4.78, 5) is 16.7. The summed E-state index contributed by atoms with van der Waals surface area (Å²) in [5, 5.41) is 0. The van der Waals surface area contributed by atoms with Gasteiger partial charge in [-0.2, -0.15) is 0 Å². The van der Waals surface area contributed by atoms with E-state index < -0.39 is 0 Å². The van der Waals surface area contributed by atoms with Crippen LogP contribution >= 0.6 is 0 Å². The Kier molecular flexibility index (Phi) is 3.56. The largest absolute Gasteiger partial charge is 0.287 e. The number of carbonyl (C=O) groups excluding carboxylic acids is 1. The number of aryl methyl sites for hydroxylation is 3. The molecule has 18 heavy (non-hydrogen) atoms. The van der Waals surface area contributed by atoms with E-state index in [1.54, 1.807) is 6.20 Å². The van der Waals surface area contributed by atoms with Gasteiger partial charge in [-0.05, 0) is 44.0 Å². The molecule has 92 valence electrons. The quantitative estimate of drug-likeness (QED) is 0.767. The van der Waals surface area contributed by atoms with Crippen molar-refractivity contribution in [3.8, 4) is 0 Å². The molecule has 0 aliphatic rings. The Morgan fingerprint density at radius 2 is 1.83 bits per heavy atom. The lowest BCUT2D eigenvalue weighted by Gasteiger charge is -2.07. The van der Waals surface area contributed by atoms with Crippen molar-refractivity contribution in [3.05, 3.63) is 64.5 Å². The Balaban J connectivity index is 2.47. The lowest BCUT2D eigenvalue weighted by atomic mass is 9.99. The maximum Gasteiger partial charge on any atom is 0.211 e. The van der Waals surface area contributed by atoms with E-state index in [0.29, 0.717) is 5.69 Å². The first-order chi connectivity index (χ1) is 8.61. The Bertz CT molecular complexity index is 567. The van der Waals surface area contributed by atoms with E-state index in [2.05, 4.69) is 11.1 Å². The van der Waals surface area contributed by atoms with Crippen molar-refractivity contribution in [2.45, 2.75) is 27.2 Å². The summed E-state index contributed by atoms with van der Waals surface area (Å²) in [5.74, 6) is 0.0132. The number of hydrogen-bond acceptors (Lipinski definition) is 2. The molecule has 1 aromatic carbocycles. The minimum atomic E-state index is 0.0132. The monoisotopic (exact) mass is 239 g/mol. The van der Waals surface area contributed by atoms with Gasteiger partial charge in [0.2, 0.25) is 5.78 Å². The second-order valence-electron chi connectivity index (χ2n) is 4.57. The van der Waals surface area contributed by atoms with Gasteiger partial charge in [-0.1, -0.05) is 30.2 Å². The summed E-state index contributed by atoms with van der Waals surface area (Å²) in [6.07, 6.45) is 2.49. The molecule has 0 fully saturated rings. The molecular formula is C16H17NO. The first kappa shape index (κ1) is 12.5. The fourth-order valence-corrected chi connectivity index (χ4v) is 2.17. The van der Waals surface area contributed by atoms with Gasteiger partial charge in [-0.15, -0.1) is 0 Å². The molecule has 2 aromatic rings. The molecule has 1 aromatic heterocycles. The van der Waals surface area contributed by atoms with Crippen molar-refractivity contribution in [2.24, 2.45) is 0 Å². The lowest BCUT2D eigenvalue weighted by molar-refractivity contribution is 0.103. The van der Waals surface area contributed by atoms with E-state index in [1.807, 2.05) is 45.0 Å². The molecule has 0 unspecified atom stereocenters. The van der Waals surface area contributed by atoms with E-state index >= 15 is 0 Å². The normalized spacial score (nSPS) is 10.4. The van der Waals surface area contributed by atoms with Gasteiger partial charge >= 0.3 is 0 Å². The van der Waals surface area contributed by atoms with Crippen LogP contribution in [0.5, 0.6) is 0 Å². The lowest BCUT2D eigenvalue weighted by Crippen LogP contribution is -2.08. The van der Waals surface area contributed by atoms with Crippen molar-refractivity contribution in [1.29, 1.82) is 0 Å². The molecule has 0 spiro atoms. The summed E-state index contributed by atoms with van der Waals surface area (Å²) < 4.78 is 0. The summed E-state index contributed by atoms with van der Waals surface area (Å²) in [6.45, 7) is 6.04. The Hall–Kier alpha value is -1.96. The number of aromatic nitrogens is 1. The van der Waals surface area contributed by atoms with Gasteiger partial charge in [0.1, 0.15) is 5.69 Å². The molecule has 0 atom stereocenters. The van der Waals surface area contributed by atoms with Gasteiger partial charge in [0, 0.05) is 11.8 Å². The minimum Gasteiger partial charge on any atom is -0.287 e. The zero-order chi connectivity index (χ0) is 13.1. The average molecular weight is 239 g/mol. The van der Waals surface area contributed by atoms with Crippen LogP contribution in [0.4, 0.5) is 0 Å². The van der Waals surface area contributed by atoms with E-state index in [1.165, 1.54) is 0 Å². The van der Waals surface area contributed by atoms with Gasteiger partial charge in [0.15, 0.2) is 0 Å². The van der Waals surface area contributed by atoms with Crippen LogP contribution in [0.2, 0.25) is 0 Å². The van der Waals surface area contributed by atoms with Gasteiger partial charge in [0.05, 0.1) is 0 Å². The van der Waals surface area contributed by atoms with Crippen LogP contribution in [0.3, 0.4) is 0 Å². The maximum atomic E-state index is 12.5. The van der Waals surface area contributed by atoms with E-state index in [0.717, 1.165) is 28.7 Å². The summed E-state index contributed by atoms with van der Waals surface area (Å²) in [5.41, 5.74) is 4.51. The number of rotatable bonds is 3. The Morgan fingerprint density at radius 3 is 2.44 bits per heavy atom.